The molecule has 0 spiro atoms. The van der Waals surface area contributed by atoms with Gasteiger partial charge in [-0.1, -0.05) is 60.7 Å². The van der Waals surface area contributed by atoms with E-state index in [1.165, 1.54) is 0 Å². The smallest absolute Gasteiger partial charge is 0.0790 e. The summed E-state index contributed by atoms with van der Waals surface area (Å²) in [6.07, 6.45) is 1.27. The van der Waals surface area contributed by atoms with Crippen molar-refractivity contribution in [2.45, 2.75) is 31.5 Å². The first kappa shape index (κ1) is 13.8. The van der Waals surface area contributed by atoms with E-state index in [-0.39, 0.29) is 0 Å². The van der Waals surface area contributed by atoms with Gasteiger partial charge in [-0.2, -0.15) is 0 Å². The molecule has 0 radical (unpaired) electrons. The van der Waals surface area contributed by atoms with Crippen LogP contribution in [0.15, 0.2) is 60.7 Å². The zero-order valence-electron chi connectivity index (χ0n) is 10.9. The molecule has 0 bridgehead atoms. The molecule has 0 unspecified atom stereocenters. The normalized spacial score (nSPS) is 14.0. The first-order valence-corrected chi connectivity index (χ1v) is 6.73. The summed E-state index contributed by atoms with van der Waals surface area (Å²) < 4.78 is 0. The second kappa shape index (κ2) is 7.07. The third-order valence-electron chi connectivity index (χ3n) is 3.32. The molecule has 0 aliphatic rings. The van der Waals surface area contributed by atoms with Crippen LogP contribution in [0, 0.1) is 0 Å². The molecule has 2 atom stereocenters. The van der Waals surface area contributed by atoms with Gasteiger partial charge in [-0.15, -0.1) is 0 Å². The van der Waals surface area contributed by atoms with Gasteiger partial charge in [0.15, 0.2) is 0 Å². The zero-order valence-corrected chi connectivity index (χ0v) is 10.9. The Kier molecular flexibility index (Phi) is 5.13. The Balaban J connectivity index is 1.78. The fourth-order valence-electron chi connectivity index (χ4n) is 2.19. The molecule has 0 aliphatic heterocycles. The van der Waals surface area contributed by atoms with Crippen molar-refractivity contribution in [1.82, 2.24) is 0 Å². The summed E-state index contributed by atoms with van der Waals surface area (Å²) in [7, 11) is 0. The fourth-order valence-corrected chi connectivity index (χ4v) is 2.19. The van der Waals surface area contributed by atoms with Crippen LogP contribution < -0.4 is 0 Å². The Bertz CT molecular complexity index is 422. The summed E-state index contributed by atoms with van der Waals surface area (Å²) >= 11 is 0. The summed E-state index contributed by atoms with van der Waals surface area (Å²) in [5.74, 6) is 0. The summed E-state index contributed by atoms with van der Waals surface area (Å²) in [5.41, 5.74) is 1.88. The summed E-state index contributed by atoms with van der Waals surface area (Å²) in [6, 6.07) is 19.3. The molecule has 2 aromatic carbocycles. The van der Waals surface area contributed by atoms with Crippen LogP contribution in [0.2, 0.25) is 0 Å². The van der Waals surface area contributed by atoms with Crippen molar-refractivity contribution in [1.29, 1.82) is 0 Å². The van der Waals surface area contributed by atoms with Crippen molar-refractivity contribution >= 4 is 0 Å². The van der Waals surface area contributed by atoms with Crippen LogP contribution in [-0.4, -0.2) is 10.2 Å². The van der Waals surface area contributed by atoms with Crippen molar-refractivity contribution in [3.63, 3.8) is 0 Å². The lowest BCUT2D eigenvalue weighted by atomic mass is 10.00. The standard InChI is InChI=1S/C17H20O2/c18-16(14-8-3-1-4-9-14)12-7-13-17(19)15-10-5-2-6-11-15/h1-6,8-11,16-19H,7,12-13H2/t16-,17-/m0/s1. The largest absolute Gasteiger partial charge is 0.388 e. The SMILES string of the molecule is O[C@@H](CCC[C@H](O)c1ccccc1)c1ccccc1. The molecule has 0 aliphatic carbocycles. The highest BCUT2D eigenvalue weighted by atomic mass is 16.3. The highest BCUT2D eigenvalue weighted by molar-refractivity contribution is 5.18. The van der Waals surface area contributed by atoms with Gasteiger partial charge < -0.3 is 10.2 Å². The van der Waals surface area contributed by atoms with Gasteiger partial charge in [-0.05, 0) is 30.4 Å². The van der Waals surface area contributed by atoms with E-state index < -0.39 is 12.2 Å². The molecule has 0 saturated carbocycles. The molecule has 0 heterocycles. The molecule has 100 valence electrons. The second-order valence-electron chi connectivity index (χ2n) is 4.78. The number of aliphatic hydroxyl groups is 2. The lowest BCUT2D eigenvalue weighted by Gasteiger charge is -2.13. The van der Waals surface area contributed by atoms with Crippen LogP contribution in [0.3, 0.4) is 0 Å². The van der Waals surface area contributed by atoms with Crippen molar-refractivity contribution in [3.05, 3.63) is 71.8 Å². The van der Waals surface area contributed by atoms with E-state index in [0.29, 0.717) is 12.8 Å². The second-order valence-corrected chi connectivity index (χ2v) is 4.78. The highest BCUT2D eigenvalue weighted by Crippen LogP contribution is 2.23. The maximum absolute atomic E-state index is 10.0. The van der Waals surface area contributed by atoms with E-state index in [2.05, 4.69) is 0 Å². The number of rotatable bonds is 6. The van der Waals surface area contributed by atoms with Crippen molar-refractivity contribution in [2.24, 2.45) is 0 Å². The van der Waals surface area contributed by atoms with Crippen LogP contribution in [0.1, 0.15) is 42.6 Å². The molecule has 0 amide bonds. The first-order valence-electron chi connectivity index (χ1n) is 6.73. The summed E-state index contributed by atoms with van der Waals surface area (Å²) in [5, 5.41) is 20.0. The Labute approximate surface area is 114 Å². The van der Waals surface area contributed by atoms with Gasteiger partial charge in [0.1, 0.15) is 0 Å². The minimum Gasteiger partial charge on any atom is -0.388 e. The minimum atomic E-state index is -0.441. The number of hydrogen-bond donors (Lipinski definition) is 2. The maximum atomic E-state index is 10.0. The molecule has 0 fully saturated rings. The molecule has 0 saturated heterocycles. The molecule has 0 aromatic heterocycles. The van der Waals surface area contributed by atoms with E-state index in [1.807, 2.05) is 60.7 Å². The van der Waals surface area contributed by atoms with Crippen molar-refractivity contribution in [3.8, 4) is 0 Å². The van der Waals surface area contributed by atoms with Crippen LogP contribution in [-0.2, 0) is 0 Å². The molecular weight excluding hydrogens is 236 g/mol. The lowest BCUT2D eigenvalue weighted by molar-refractivity contribution is 0.135. The number of aliphatic hydroxyl groups excluding tert-OH is 2. The van der Waals surface area contributed by atoms with Gasteiger partial charge in [0.05, 0.1) is 12.2 Å². The van der Waals surface area contributed by atoms with E-state index in [4.69, 9.17) is 0 Å². The Morgan fingerprint density at radius 1 is 0.632 bits per heavy atom. The molecule has 2 aromatic rings. The van der Waals surface area contributed by atoms with Gasteiger partial charge in [-0.3, -0.25) is 0 Å². The topological polar surface area (TPSA) is 40.5 Å². The lowest BCUT2D eigenvalue weighted by Crippen LogP contribution is -2.01. The molecule has 2 N–H and O–H groups in total. The third-order valence-corrected chi connectivity index (χ3v) is 3.32. The van der Waals surface area contributed by atoms with Crippen LogP contribution in [0.4, 0.5) is 0 Å². The number of hydrogen-bond acceptors (Lipinski definition) is 2. The quantitative estimate of drug-likeness (QED) is 0.828. The van der Waals surface area contributed by atoms with Gasteiger partial charge in [-0.25, -0.2) is 0 Å². The van der Waals surface area contributed by atoms with E-state index in [0.717, 1.165) is 17.5 Å². The minimum absolute atomic E-state index is 0.441. The molecule has 2 rings (SSSR count). The molecular formula is C17H20O2. The number of benzene rings is 2. The van der Waals surface area contributed by atoms with Crippen molar-refractivity contribution in [2.75, 3.05) is 0 Å². The molecule has 2 heteroatoms. The van der Waals surface area contributed by atoms with Gasteiger partial charge in [0.25, 0.3) is 0 Å². The Hall–Kier alpha value is -1.64. The average molecular weight is 256 g/mol. The Morgan fingerprint density at radius 3 is 1.37 bits per heavy atom. The van der Waals surface area contributed by atoms with Gasteiger partial charge >= 0.3 is 0 Å². The summed E-state index contributed by atoms with van der Waals surface area (Å²) in [6.45, 7) is 0. The maximum Gasteiger partial charge on any atom is 0.0790 e. The Morgan fingerprint density at radius 2 is 1.00 bits per heavy atom. The van der Waals surface area contributed by atoms with Crippen LogP contribution in [0.25, 0.3) is 0 Å². The third kappa shape index (κ3) is 4.19. The summed E-state index contributed by atoms with van der Waals surface area (Å²) in [4.78, 5) is 0. The predicted molar refractivity (Wildman–Crippen MR) is 76.7 cm³/mol. The first-order chi connectivity index (χ1) is 9.27. The highest BCUT2D eigenvalue weighted by Gasteiger charge is 2.10. The van der Waals surface area contributed by atoms with Crippen LogP contribution >= 0.6 is 0 Å². The average Bonchev–Trinajstić information content (AvgIpc) is 2.49. The van der Waals surface area contributed by atoms with E-state index in [9.17, 15) is 10.2 Å². The van der Waals surface area contributed by atoms with Gasteiger partial charge in [0.2, 0.25) is 0 Å². The fraction of sp³-hybridized carbons (Fsp3) is 0.294. The zero-order chi connectivity index (χ0) is 13.5. The van der Waals surface area contributed by atoms with Gasteiger partial charge in [0, 0.05) is 0 Å². The molecule has 2 nitrogen and oxygen atoms in total. The molecule has 19 heavy (non-hydrogen) atoms. The van der Waals surface area contributed by atoms with Crippen LogP contribution in [0.5, 0.6) is 0 Å². The predicted octanol–water partition coefficient (Wildman–Crippen LogP) is 3.62. The van der Waals surface area contributed by atoms with E-state index in [1.54, 1.807) is 0 Å². The van der Waals surface area contributed by atoms with Crippen molar-refractivity contribution < 1.29 is 10.2 Å². The van der Waals surface area contributed by atoms with E-state index >= 15 is 0 Å². The monoisotopic (exact) mass is 256 g/mol.